The zero-order valence-electron chi connectivity index (χ0n) is 17.3. The molecule has 1 fully saturated rings. The molecule has 2 aromatic rings. The van der Waals surface area contributed by atoms with Crippen LogP contribution in [0.5, 0.6) is 0 Å². The van der Waals surface area contributed by atoms with E-state index in [0.29, 0.717) is 42.1 Å². The van der Waals surface area contributed by atoms with Crippen molar-refractivity contribution >= 4 is 29.2 Å². The summed E-state index contributed by atoms with van der Waals surface area (Å²) in [6.45, 7) is 4.82. The van der Waals surface area contributed by atoms with Crippen LogP contribution in [0.15, 0.2) is 54.6 Å². The first-order chi connectivity index (χ1) is 14.4. The van der Waals surface area contributed by atoms with E-state index in [0.717, 1.165) is 0 Å². The van der Waals surface area contributed by atoms with Crippen molar-refractivity contribution in [3.05, 3.63) is 70.7 Å². The Hall–Kier alpha value is -2.66. The van der Waals surface area contributed by atoms with Crippen LogP contribution >= 0.6 is 11.6 Å². The number of hydrogen-bond acceptors (Lipinski definition) is 3. The fraction of sp³-hybridized carbons (Fsp3) is 0.375. The maximum Gasteiger partial charge on any atom is 0.253 e. The lowest BCUT2D eigenvalue weighted by molar-refractivity contribution is -0.135. The van der Waals surface area contributed by atoms with Gasteiger partial charge in [-0.3, -0.25) is 14.4 Å². The molecule has 3 rings (SSSR count). The highest BCUT2D eigenvalue weighted by Crippen LogP contribution is 2.23. The summed E-state index contributed by atoms with van der Waals surface area (Å²) >= 11 is 6.12. The molecule has 2 aromatic carbocycles. The fourth-order valence-electron chi connectivity index (χ4n) is 3.77. The van der Waals surface area contributed by atoms with Crippen LogP contribution in [0.4, 0.5) is 0 Å². The molecule has 0 bridgehead atoms. The van der Waals surface area contributed by atoms with Gasteiger partial charge in [0.05, 0.1) is 10.6 Å². The third-order valence-electron chi connectivity index (χ3n) is 5.57. The number of nitrogens with zero attached hydrogens (tertiary/aromatic N) is 1. The van der Waals surface area contributed by atoms with Gasteiger partial charge in [0.1, 0.15) is 6.04 Å². The summed E-state index contributed by atoms with van der Waals surface area (Å²) in [5.41, 5.74) is 1.07. The van der Waals surface area contributed by atoms with Crippen molar-refractivity contribution in [3.63, 3.8) is 0 Å². The monoisotopic (exact) mass is 426 g/mol. The van der Waals surface area contributed by atoms with Gasteiger partial charge in [-0.05, 0) is 30.9 Å². The topological polar surface area (TPSA) is 66.5 Å². The van der Waals surface area contributed by atoms with E-state index in [2.05, 4.69) is 5.32 Å². The van der Waals surface area contributed by atoms with E-state index in [-0.39, 0.29) is 29.4 Å². The highest BCUT2D eigenvalue weighted by molar-refractivity contribution is 6.33. The maximum absolute atomic E-state index is 13.1. The van der Waals surface area contributed by atoms with Crippen LogP contribution in [0.25, 0.3) is 0 Å². The van der Waals surface area contributed by atoms with Gasteiger partial charge in [0.25, 0.3) is 5.91 Å². The van der Waals surface area contributed by atoms with Gasteiger partial charge in [0.15, 0.2) is 5.78 Å². The number of halogens is 1. The predicted molar refractivity (Wildman–Crippen MR) is 118 cm³/mol. The number of benzene rings is 2. The fourth-order valence-corrected chi connectivity index (χ4v) is 4.00. The molecule has 30 heavy (non-hydrogen) atoms. The lowest BCUT2D eigenvalue weighted by Gasteiger charge is -2.35. The molecule has 2 amide bonds. The minimum Gasteiger partial charge on any atom is -0.341 e. The second kappa shape index (κ2) is 9.90. The van der Waals surface area contributed by atoms with Crippen molar-refractivity contribution in [2.75, 3.05) is 13.1 Å². The van der Waals surface area contributed by atoms with Crippen LogP contribution in [0.2, 0.25) is 5.02 Å². The number of amides is 2. The number of nitrogens with one attached hydrogen (secondary N) is 1. The predicted octanol–water partition coefficient (Wildman–Crippen LogP) is 4.22. The van der Waals surface area contributed by atoms with Crippen molar-refractivity contribution in [1.82, 2.24) is 10.2 Å². The SMILES string of the molecule is CC(C)[C@@H](NC(=O)c1ccccc1Cl)C(=O)N1CCC(C(=O)c2ccccc2)CC1. The van der Waals surface area contributed by atoms with Crippen molar-refractivity contribution < 1.29 is 14.4 Å². The molecule has 0 saturated carbocycles. The molecule has 0 aliphatic carbocycles. The van der Waals surface area contributed by atoms with Gasteiger partial charge >= 0.3 is 0 Å². The quantitative estimate of drug-likeness (QED) is 0.703. The average molecular weight is 427 g/mol. The van der Waals surface area contributed by atoms with E-state index in [4.69, 9.17) is 11.6 Å². The van der Waals surface area contributed by atoms with Crippen molar-refractivity contribution in [2.24, 2.45) is 11.8 Å². The van der Waals surface area contributed by atoms with Gasteiger partial charge in [-0.2, -0.15) is 0 Å². The third kappa shape index (κ3) is 5.08. The summed E-state index contributed by atoms with van der Waals surface area (Å²) in [6, 6.07) is 15.4. The molecular formula is C24H27ClN2O3. The summed E-state index contributed by atoms with van der Waals surface area (Å²) < 4.78 is 0. The van der Waals surface area contributed by atoms with Crippen LogP contribution in [0, 0.1) is 11.8 Å². The second-order valence-corrected chi connectivity index (χ2v) is 8.41. The number of carbonyl (C=O) groups excluding carboxylic acids is 3. The van der Waals surface area contributed by atoms with Gasteiger partial charge < -0.3 is 10.2 Å². The van der Waals surface area contributed by atoms with Gasteiger partial charge in [-0.15, -0.1) is 0 Å². The van der Waals surface area contributed by atoms with E-state index >= 15 is 0 Å². The Morgan fingerprint density at radius 1 is 0.967 bits per heavy atom. The van der Waals surface area contributed by atoms with Gasteiger partial charge in [-0.25, -0.2) is 0 Å². The Balaban J connectivity index is 1.62. The third-order valence-corrected chi connectivity index (χ3v) is 5.90. The minimum absolute atomic E-state index is 0.0763. The number of hydrogen-bond donors (Lipinski definition) is 1. The van der Waals surface area contributed by atoms with Crippen molar-refractivity contribution in [2.45, 2.75) is 32.7 Å². The molecule has 0 spiro atoms. The molecule has 0 radical (unpaired) electrons. The Morgan fingerprint density at radius 2 is 1.57 bits per heavy atom. The van der Waals surface area contributed by atoms with Gasteiger partial charge in [-0.1, -0.05) is 67.9 Å². The number of likely N-dealkylation sites (tertiary alicyclic amines) is 1. The summed E-state index contributed by atoms with van der Waals surface area (Å²) in [5.74, 6) is -0.493. The number of piperidine rings is 1. The second-order valence-electron chi connectivity index (χ2n) is 8.00. The lowest BCUT2D eigenvalue weighted by Crippen LogP contribution is -2.53. The van der Waals surface area contributed by atoms with Crippen LogP contribution < -0.4 is 5.32 Å². The molecule has 1 heterocycles. The summed E-state index contributed by atoms with van der Waals surface area (Å²) in [7, 11) is 0. The Morgan fingerprint density at radius 3 is 2.17 bits per heavy atom. The lowest BCUT2D eigenvalue weighted by atomic mass is 9.88. The molecule has 1 aliphatic heterocycles. The van der Waals surface area contributed by atoms with E-state index in [1.54, 1.807) is 29.2 Å². The molecule has 5 nitrogen and oxygen atoms in total. The first-order valence-electron chi connectivity index (χ1n) is 10.3. The van der Waals surface area contributed by atoms with Crippen LogP contribution in [0.1, 0.15) is 47.4 Å². The zero-order valence-corrected chi connectivity index (χ0v) is 18.1. The molecule has 0 unspecified atom stereocenters. The van der Waals surface area contributed by atoms with Gasteiger partial charge in [0, 0.05) is 24.6 Å². The molecule has 1 atom stereocenters. The van der Waals surface area contributed by atoms with E-state index in [1.165, 1.54) is 0 Å². The Labute approximate surface area is 182 Å². The molecule has 0 aromatic heterocycles. The highest BCUT2D eigenvalue weighted by Gasteiger charge is 2.33. The van der Waals surface area contributed by atoms with E-state index < -0.39 is 6.04 Å². The van der Waals surface area contributed by atoms with Gasteiger partial charge in [0.2, 0.25) is 5.91 Å². The smallest absolute Gasteiger partial charge is 0.253 e. The standard InChI is InChI=1S/C24H27ClN2O3/c1-16(2)21(26-23(29)19-10-6-7-11-20(19)25)24(30)27-14-12-18(13-15-27)22(28)17-8-4-3-5-9-17/h3-11,16,18,21H,12-15H2,1-2H3,(H,26,29)/t21-/m1/s1. The Bertz CT molecular complexity index is 906. The average Bonchev–Trinajstić information content (AvgIpc) is 2.77. The number of Topliss-reactive ketones (excluding diaryl/α,β-unsaturated/α-hetero) is 1. The normalized spacial score (nSPS) is 15.7. The van der Waals surface area contributed by atoms with Crippen molar-refractivity contribution in [3.8, 4) is 0 Å². The molecule has 1 saturated heterocycles. The summed E-state index contributed by atoms with van der Waals surface area (Å²) in [5, 5.41) is 3.20. The summed E-state index contributed by atoms with van der Waals surface area (Å²) in [6.07, 6.45) is 1.26. The molecular weight excluding hydrogens is 400 g/mol. The minimum atomic E-state index is -0.643. The first-order valence-corrected chi connectivity index (χ1v) is 10.7. The molecule has 158 valence electrons. The highest BCUT2D eigenvalue weighted by atomic mass is 35.5. The van der Waals surface area contributed by atoms with Crippen LogP contribution in [-0.4, -0.2) is 41.6 Å². The van der Waals surface area contributed by atoms with Crippen LogP contribution in [0.3, 0.4) is 0 Å². The summed E-state index contributed by atoms with van der Waals surface area (Å²) in [4.78, 5) is 40.2. The van der Waals surface area contributed by atoms with E-state index in [1.807, 2.05) is 44.2 Å². The maximum atomic E-state index is 13.1. The number of rotatable bonds is 6. The number of carbonyl (C=O) groups is 3. The van der Waals surface area contributed by atoms with Crippen molar-refractivity contribution in [1.29, 1.82) is 0 Å². The number of ketones is 1. The zero-order chi connectivity index (χ0) is 21.7. The van der Waals surface area contributed by atoms with E-state index in [9.17, 15) is 14.4 Å². The molecule has 1 aliphatic rings. The van der Waals surface area contributed by atoms with Crippen LogP contribution in [-0.2, 0) is 4.79 Å². The Kier molecular flexibility index (Phi) is 7.27. The first kappa shape index (κ1) is 22.0. The molecule has 1 N–H and O–H groups in total. The largest absolute Gasteiger partial charge is 0.341 e. The molecule has 6 heteroatoms.